The first-order chi connectivity index (χ1) is 18.8. The Labute approximate surface area is 230 Å². The van der Waals surface area contributed by atoms with Crippen molar-refractivity contribution in [1.29, 1.82) is 0 Å². The van der Waals surface area contributed by atoms with Gasteiger partial charge in [-0.1, -0.05) is 20.3 Å². The Morgan fingerprint density at radius 3 is 2.44 bits per heavy atom. The average molecular weight is 539 g/mol. The highest BCUT2D eigenvalue weighted by atomic mass is 16.2. The number of nitrogens with one attached hydrogen (secondary N) is 4. The van der Waals surface area contributed by atoms with Gasteiger partial charge in [0.25, 0.3) is 5.91 Å². The van der Waals surface area contributed by atoms with Gasteiger partial charge >= 0.3 is 0 Å². The number of benzene rings is 1. The molecule has 4 aliphatic rings. The molecule has 39 heavy (non-hydrogen) atoms. The molecular weight excluding hydrogens is 496 g/mol. The summed E-state index contributed by atoms with van der Waals surface area (Å²) in [6, 6.07) is 5.45. The molecule has 212 valence electrons. The number of likely N-dealkylation sites (tertiary alicyclic amines) is 1. The number of Topliss-reactive ketones (excluding diaryl/α,β-unsaturated/α-hetero) is 2. The number of carbonyl (C=O) groups is 4. The van der Waals surface area contributed by atoms with Gasteiger partial charge in [-0.05, 0) is 56.0 Å². The summed E-state index contributed by atoms with van der Waals surface area (Å²) >= 11 is 0. The van der Waals surface area contributed by atoms with E-state index in [1.54, 1.807) is 17.0 Å². The van der Waals surface area contributed by atoms with Crippen molar-refractivity contribution >= 4 is 29.1 Å². The molecule has 0 radical (unpaired) electrons. The average Bonchev–Trinajstić information content (AvgIpc) is 3.53. The molecular formula is C29H42N6O4. The third kappa shape index (κ3) is 6.02. The maximum atomic E-state index is 13.9. The SMILES string of the molecule is CC(C)CC(NC(=O)c1ccc(N2CCNCC2)cc1)C(=O)N1CC(C(=O)C2CCCCN2)C2NCC(=O)C21. The molecule has 4 aliphatic heterocycles. The minimum absolute atomic E-state index is 0.0709. The van der Waals surface area contributed by atoms with Crippen LogP contribution in [0.15, 0.2) is 24.3 Å². The highest BCUT2D eigenvalue weighted by Gasteiger charge is 2.54. The number of amides is 2. The van der Waals surface area contributed by atoms with Gasteiger partial charge in [0.1, 0.15) is 12.1 Å². The number of anilines is 1. The number of hydrogen-bond acceptors (Lipinski definition) is 8. The molecule has 1 aromatic carbocycles. The van der Waals surface area contributed by atoms with E-state index >= 15 is 0 Å². The van der Waals surface area contributed by atoms with Crippen molar-refractivity contribution in [1.82, 2.24) is 26.2 Å². The lowest BCUT2D eigenvalue weighted by molar-refractivity contribution is -0.138. The zero-order chi connectivity index (χ0) is 27.5. The predicted octanol–water partition coefficient (Wildman–Crippen LogP) is 0.320. The van der Waals surface area contributed by atoms with Gasteiger partial charge in [-0.2, -0.15) is 0 Å². The number of piperidine rings is 1. The summed E-state index contributed by atoms with van der Waals surface area (Å²) in [6.45, 7) is 8.88. The molecule has 0 aliphatic carbocycles. The largest absolute Gasteiger partial charge is 0.369 e. The Morgan fingerprint density at radius 2 is 1.77 bits per heavy atom. The highest BCUT2D eigenvalue weighted by Crippen LogP contribution is 2.32. The first-order valence-electron chi connectivity index (χ1n) is 14.5. The molecule has 0 spiro atoms. The maximum Gasteiger partial charge on any atom is 0.251 e. The van der Waals surface area contributed by atoms with Gasteiger partial charge in [0.15, 0.2) is 11.6 Å². The second-order valence-corrected chi connectivity index (χ2v) is 11.8. The first kappa shape index (κ1) is 27.7. The third-order valence-electron chi connectivity index (χ3n) is 8.57. The van der Waals surface area contributed by atoms with Crippen molar-refractivity contribution in [3.05, 3.63) is 29.8 Å². The van der Waals surface area contributed by atoms with E-state index in [9.17, 15) is 19.2 Å². The number of hydrogen-bond donors (Lipinski definition) is 4. The van der Waals surface area contributed by atoms with Crippen LogP contribution in [0.3, 0.4) is 0 Å². The van der Waals surface area contributed by atoms with Crippen LogP contribution >= 0.6 is 0 Å². The summed E-state index contributed by atoms with van der Waals surface area (Å²) in [5.74, 6) is -0.877. The van der Waals surface area contributed by atoms with Crippen LogP contribution in [0.4, 0.5) is 5.69 Å². The van der Waals surface area contributed by atoms with Crippen LogP contribution in [-0.4, -0.2) is 98.3 Å². The van der Waals surface area contributed by atoms with E-state index in [-0.39, 0.29) is 54.5 Å². The van der Waals surface area contributed by atoms with Crippen molar-refractivity contribution in [2.75, 3.05) is 50.7 Å². The van der Waals surface area contributed by atoms with Gasteiger partial charge < -0.3 is 31.1 Å². The van der Waals surface area contributed by atoms with Crippen LogP contribution in [-0.2, 0) is 14.4 Å². The molecule has 4 fully saturated rings. The molecule has 1 aromatic rings. The van der Waals surface area contributed by atoms with E-state index < -0.39 is 18.0 Å². The Bertz CT molecular complexity index is 1060. The summed E-state index contributed by atoms with van der Waals surface area (Å²) < 4.78 is 0. The van der Waals surface area contributed by atoms with Gasteiger partial charge in [0.05, 0.1) is 18.5 Å². The monoisotopic (exact) mass is 538 g/mol. The number of nitrogens with zero attached hydrogens (tertiary/aromatic N) is 2. The Balaban J connectivity index is 1.30. The lowest BCUT2D eigenvalue weighted by atomic mass is 9.88. The number of fused-ring (bicyclic) bond motifs is 1. The predicted molar refractivity (Wildman–Crippen MR) is 149 cm³/mol. The van der Waals surface area contributed by atoms with Crippen molar-refractivity contribution < 1.29 is 19.2 Å². The van der Waals surface area contributed by atoms with E-state index in [4.69, 9.17) is 0 Å². The fourth-order valence-electron chi connectivity index (χ4n) is 6.53. The van der Waals surface area contributed by atoms with Crippen molar-refractivity contribution in [3.8, 4) is 0 Å². The fourth-order valence-corrected chi connectivity index (χ4v) is 6.53. The molecule has 10 heteroatoms. The number of rotatable bonds is 8. The van der Waals surface area contributed by atoms with Gasteiger partial charge in [0, 0.05) is 50.0 Å². The normalized spacial score (nSPS) is 27.9. The van der Waals surface area contributed by atoms with E-state index in [2.05, 4.69) is 26.2 Å². The summed E-state index contributed by atoms with van der Waals surface area (Å²) in [7, 11) is 0. The van der Waals surface area contributed by atoms with E-state index in [1.165, 1.54) is 0 Å². The second kappa shape index (κ2) is 12.1. The Morgan fingerprint density at radius 1 is 1.03 bits per heavy atom. The summed E-state index contributed by atoms with van der Waals surface area (Å²) in [5.41, 5.74) is 1.56. The molecule has 0 bridgehead atoms. The van der Waals surface area contributed by atoms with Crippen LogP contribution in [0.2, 0.25) is 0 Å². The minimum Gasteiger partial charge on any atom is -0.369 e. The van der Waals surface area contributed by atoms with Crippen molar-refractivity contribution in [2.24, 2.45) is 11.8 Å². The van der Waals surface area contributed by atoms with E-state index in [0.29, 0.717) is 12.0 Å². The lowest BCUT2D eigenvalue weighted by Gasteiger charge is -2.30. The first-order valence-corrected chi connectivity index (χ1v) is 14.5. The fraction of sp³-hybridized carbons (Fsp3) is 0.655. The van der Waals surface area contributed by atoms with E-state index in [1.807, 2.05) is 26.0 Å². The number of carbonyl (C=O) groups excluding carboxylic acids is 4. The molecule has 0 saturated carbocycles. The topological polar surface area (TPSA) is 123 Å². The zero-order valence-corrected chi connectivity index (χ0v) is 23.1. The number of piperazine rings is 1. The molecule has 4 N–H and O–H groups in total. The minimum atomic E-state index is -0.777. The van der Waals surface area contributed by atoms with Crippen LogP contribution in [0.5, 0.6) is 0 Å². The maximum absolute atomic E-state index is 13.9. The molecule has 4 heterocycles. The molecule has 2 amide bonds. The summed E-state index contributed by atoms with van der Waals surface area (Å²) in [4.78, 5) is 57.4. The van der Waals surface area contributed by atoms with Crippen molar-refractivity contribution in [3.63, 3.8) is 0 Å². The van der Waals surface area contributed by atoms with Crippen LogP contribution in [0.25, 0.3) is 0 Å². The van der Waals surface area contributed by atoms with Gasteiger partial charge in [-0.3, -0.25) is 19.2 Å². The molecule has 5 atom stereocenters. The van der Waals surface area contributed by atoms with Crippen LogP contribution in [0, 0.1) is 11.8 Å². The molecule has 4 saturated heterocycles. The smallest absolute Gasteiger partial charge is 0.251 e. The third-order valence-corrected chi connectivity index (χ3v) is 8.57. The van der Waals surface area contributed by atoms with E-state index in [0.717, 1.165) is 57.7 Å². The van der Waals surface area contributed by atoms with Crippen LogP contribution < -0.4 is 26.2 Å². The molecule has 0 aromatic heterocycles. The summed E-state index contributed by atoms with van der Waals surface area (Å²) in [5, 5.41) is 12.8. The molecule has 5 rings (SSSR count). The summed E-state index contributed by atoms with van der Waals surface area (Å²) in [6.07, 6.45) is 3.28. The Kier molecular flexibility index (Phi) is 8.64. The standard InChI is InChI=1S/C29H42N6O4/c1-18(2)15-23(33-28(38)19-6-8-20(9-7-19)34-13-11-30-12-14-34)29(39)35-17-21(25-26(35)24(36)16-32-25)27(37)22-5-3-4-10-31-22/h6-9,18,21-23,25-26,30-32H,3-5,10-17H2,1-2H3,(H,33,38). The Hall–Kier alpha value is -2.82. The van der Waals surface area contributed by atoms with Gasteiger partial charge in [-0.15, -0.1) is 0 Å². The quantitative estimate of drug-likeness (QED) is 0.373. The number of ketones is 2. The molecule has 5 unspecified atom stereocenters. The van der Waals surface area contributed by atoms with Gasteiger partial charge in [-0.25, -0.2) is 0 Å². The highest BCUT2D eigenvalue weighted by molar-refractivity contribution is 6.01. The second-order valence-electron chi connectivity index (χ2n) is 11.8. The lowest BCUT2D eigenvalue weighted by Crippen LogP contribution is -2.52. The van der Waals surface area contributed by atoms with Crippen molar-refractivity contribution in [2.45, 2.75) is 63.7 Å². The van der Waals surface area contributed by atoms with Gasteiger partial charge in [0.2, 0.25) is 5.91 Å². The zero-order valence-electron chi connectivity index (χ0n) is 23.1. The molecule has 10 nitrogen and oxygen atoms in total. The van der Waals surface area contributed by atoms with Crippen LogP contribution in [0.1, 0.15) is 49.9 Å².